The number of fused-ring (bicyclic) bond motifs is 1. The monoisotopic (exact) mass is 498 g/mol. The van der Waals surface area contributed by atoms with Crippen LogP contribution >= 0.6 is 23.2 Å². The molecule has 1 aromatic carbocycles. The Kier molecular flexibility index (Phi) is 7.17. The first-order valence-electron chi connectivity index (χ1n) is 10.5. The average molecular weight is 499 g/mol. The van der Waals surface area contributed by atoms with Crippen LogP contribution in [0.25, 0.3) is 11.7 Å². The second kappa shape index (κ2) is 10.3. The molecule has 0 saturated carbocycles. The summed E-state index contributed by atoms with van der Waals surface area (Å²) in [5, 5.41) is 12.9. The quantitative estimate of drug-likeness (QED) is 0.401. The van der Waals surface area contributed by atoms with Crippen LogP contribution in [0.4, 0.5) is 0 Å². The third-order valence-corrected chi connectivity index (χ3v) is 5.85. The first-order valence-corrected chi connectivity index (χ1v) is 11.3. The SMILES string of the molecule is Cc1cccn2c(=O)c(C=C(C#N)C(=O)NCC3CCCO3)c(Oc3ccc(Cl)cc3Cl)nc12. The number of rotatable bonds is 6. The summed E-state index contributed by atoms with van der Waals surface area (Å²) in [6.45, 7) is 2.72. The van der Waals surface area contributed by atoms with Gasteiger partial charge in [-0.2, -0.15) is 10.2 Å². The molecular weight excluding hydrogens is 479 g/mol. The number of hydrogen-bond acceptors (Lipinski definition) is 6. The number of hydrogen-bond donors (Lipinski definition) is 1. The Morgan fingerprint density at radius 1 is 1.41 bits per heavy atom. The van der Waals surface area contributed by atoms with Crippen LogP contribution in [0.15, 0.2) is 46.9 Å². The Labute approximate surface area is 205 Å². The first kappa shape index (κ1) is 23.8. The first-order chi connectivity index (χ1) is 16.4. The summed E-state index contributed by atoms with van der Waals surface area (Å²) < 4.78 is 12.7. The van der Waals surface area contributed by atoms with E-state index in [2.05, 4.69) is 10.3 Å². The molecule has 3 heterocycles. The van der Waals surface area contributed by atoms with E-state index >= 15 is 0 Å². The number of pyridine rings is 1. The molecule has 1 saturated heterocycles. The number of nitriles is 1. The van der Waals surface area contributed by atoms with Crippen LogP contribution in [0.1, 0.15) is 24.0 Å². The largest absolute Gasteiger partial charge is 0.437 e. The van der Waals surface area contributed by atoms with Gasteiger partial charge in [0.2, 0.25) is 5.88 Å². The fourth-order valence-electron chi connectivity index (χ4n) is 3.56. The number of halogens is 2. The average Bonchev–Trinajstić information content (AvgIpc) is 3.34. The van der Waals surface area contributed by atoms with E-state index in [1.807, 2.05) is 6.07 Å². The van der Waals surface area contributed by atoms with E-state index in [4.69, 9.17) is 32.7 Å². The fraction of sp³-hybridized carbons (Fsp3) is 0.250. The maximum atomic E-state index is 13.4. The van der Waals surface area contributed by atoms with Gasteiger partial charge >= 0.3 is 0 Å². The summed E-state index contributed by atoms with van der Waals surface area (Å²) in [6.07, 6.45) is 4.40. The molecule has 0 bridgehead atoms. The van der Waals surface area contributed by atoms with Crippen LogP contribution in [0.2, 0.25) is 10.0 Å². The fourth-order valence-corrected chi connectivity index (χ4v) is 4.00. The maximum absolute atomic E-state index is 13.4. The molecular formula is C24H20Cl2N4O4. The number of ether oxygens (including phenoxy) is 2. The topological polar surface area (TPSA) is 106 Å². The lowest BCUT2D eigenvalue weighted by atomic mass is 10.1. The van der Waals surface area contributed by atoms with Crippen molar-refractivity contribution in [2.45, 2.75) is 25.9 Å². The predicted octanol–water partition coefficient (Wildman–Crippen LogP) is 4.30. The van der Waals surface area contributed by atoms with Gasteiger partial charge < -0.3 is 14.8 Å². The molecule has 0 radical (unpaired) electrons. The smallest absolute Gasteiger partial charge is 0.269 e. The van der Waals surface area contributed by atoms with E-state index in [0.717, 1.165) is 18.4 Å². The van der Waals surface area contributed by atoms with E-state index < -0.39 is 11.5 Å². The van der Waals surface area contributed by atoms with Crippen molar-refractivity contribution in [1.29, 1.82) is 5.26 Å². The molecule has 4 rings (SSSR count). The van der Waals surface area contributed by atoms with Crippen molar-refractivity contribution in [3.63, 3.8) is 0 Å². The van der Waals surface area contributed by atoms with Gasteiger partial charge in [0.15, 0.2) is 0 Å². The zero-order chi connectivity index (χ0) is 24.2. The Balaban J connectivity index is 1.78. The van der Waals surface area contributed by atoms with Crippen LogP contribution in [-0.2, 0) is 9.53 Å². The highest BCUT2D eigenvalue weighted by molar-refractivity contribution is 6.35. The molecule has 1 fully saturated rings. The van der Waals surface area contributed by atoms with Crippen molar-refractivity contribution in [2.75, 3.05) is 13.2 Å². The van der Waals surface area contributed by atoms with Crippen LogP contribution in [0.3, 0.4) is 0 Å². The summed E-state index contributed by atoms with van der Waals surface area (Å²) in [5.41, 5.74) is 0.256. The Hall–Kier alpha value is -3.38. The zero-order valence-electron chi connectivity index (χ0n) is 18.2. The molecule has 10 heteroatoms. The van der Waals surface area contributed by atoms with E-state index in [-0.39, 0.29) is 40.4 Å². The maximum Gasteiger partial charge on any atom is 0.269 e. The third kappa shape index (κ3) is 5.07. The van der Waals surface area contributed by atoms with E-state index in [0.29, 0.717) is 17.3 Å². The van der Waals surface area contributed by atoms with Gasteiger partial charge in [-0.05, 0) is 55.7 Å². The van der Waals surface area contributed by atoms with Gasteiger partial charge in [0.05, 0.1) is 11.1 Å². The summed E-state index contributed by atoms with van der Waals surface area (Å²) in [4.78, 5) is 30.5. The summed E-state index contributed by atoms with van der Waals surface area (Å²) in [6, 6.07) is 9.97. The lowest BCUT2D eigenvalue weighted by Crippen LogP contribution is -2.32. The van der Waals surface area contributed by atoms with Gasteiger partial charge in [0, 0.05) is 24.4 Å². The number of nitrogens with zero attached hydrogens (tertiary/aromatic N) is 3. The lowest BCUT2D eigenvalue weighted by molar-refractivity contribution is -0.117. The van der Waals surface area contributed by atoms with Gasteiger partial charge in [0.1, 0.15) is 28.6 Å². The second-order valence-corrected chi connectivity index (χ2v) is 8.56. The molecule has 1 N–H and O–H groups in total. The van der Waals surface area contributed by atoms with Gasteiger partial charge in [-0.1, -0.05) is 29.3 Å². The van der Waals surface area contributed by atoms with Crippen LogP contribution in [0.5, 0.6) is 11.6 Å². The minimum atomic E-state index is -0.623. The molecule has 1 atom stereocenters. The minimum Gasteiger partial charge on any atom is -0.437 e. The van der Waals surface area contributed by atoms with Crippen LogP contribution in [0, 0.1) is 18.3 Å². The van der Waals surface area contributed by atoms with Crippen molar-refractivity contribution in [2.24, 2.45) is 0 Å². The molecule has 1 unspecified atom stereocenters. The Bertz CT molecular complexity index is 1390. The minimum absolute atomic E-state index is 0.0714. The standard InChI is InChI=1S/C24H20Cl2N4O4/c1-14-4-2-8-30-21(14)29-23(34-20-7-6-16(25)11-19(20)26)18(24(30)32)10-15(12-27)22(31)28-13-17-5-3-9-33-17/h2,4,6-8,10-11,17H,3,5,9,13H2,1H3,(H,28,31). The number of carbonyl (C=O) groups excluding carboxylic acids is 1. The lowest BCUT2D eigenvalue weighted by Gasteiger charge is -2.13. The number of carbonyl (C=O) groups is 1. The van der Waals surface area contributed by atoms with Crippen molar-refractivity contribution in [3.8, 4) is 17.7 Å². The van der Waals surface area contributed by atoms with Gasteiger partial charge in [-0.3, -0.25) is 14.0 Å². The highest BCUT2D eigenvalue weighted by Gasteiger charge is 2.21. The van der Waals surface area contributed by atoms with Crippen LogP contribution < -0.4 is 15.6 Å². The Morgan fingerprint density at radius 3 is 2.94 bits per heavy atom. The second-order valence-electron chi connectivity index (χ2n) is 7.71. The normalized spacial score (nSPS) is 15.8. The van der Waals surface area contributed by atoms with Crippen molar-refractivity contribution < 1.29 is 14.3 Å². The zero-order valence-corrected chi connectivity index (χ0v) is 19.7. The van der Waals surface area contributed by atoms with Crippen molar-refractivity contribution in [1.82, 2.24) is 14.7 Å². The Morgan fingerprint density at radius 2 is 2.24 bits per heavy atom. The molecule has 1 aliphatic heterocycles. The molecule has 1 aliphatic rings. The number of aromatic nitrogens is 2. The number of nitrogens with one attached hydrogen (secondary N) is 1. The summed E-state index contributed by atoms with van der Waals surface area (Å²) >= 11 is 12.2. The number of aryl methyl sites for hydroxylation is 1. The molecule has 3 aromatic rings. The molecule has 174 valence electrons. The number of benzene rings is 1. The van der Waals surface area contributed by atoms with Crippen molar-refractivity contribution in [3.05, 3.63) is 73.6 Å². The molecule has 1 amide bonds. The van der Waals surface area contributed by atoms with Gasteiger partial charge in [0.25, 0.3) is 11.5 Å². The highest BCUT2D eigenvalue weighted by atomic mass is 35.5. The van der Waals surface area contributed by atoms with E-state index in [9.17, 15) is 14.9 Å². The van der Waals surface area contributed by atoms with Crippen molar-refractivity contribution >= 4 is 40.8 Å². The third-order valence-electron chi connectivity index (χ3n) is 5.32. The van der Waals surface area contributed by atoms with Crippen LogP contribution in [-0.4, -0.2) is 34.5 Å². The summed E-state index contributed by atoms with van der Waals surface area (Å²) in [7, 11) is 0. The summed E-state index contributed by atoms with van der Waals surface area (Å²) in [5.74, 6) is -0.502. The van der Waals surface area contributed by atoms with E-state index in [1.165, 1.54) is 16.5 Å². The molecule has 0 spiro atoms. The van der Waals surface area contributed by atoms with E-state index in [1.54, 1.807) is 37.4 Å². The highest BCUT2D eigenvalue weighted by Crippen LogP contribution is 2.32. The molecule has 34 heavy (non-hydrogen) atoms. The number of amides is 1. The molecule has 0 aliphatic carbocycles. The predicted molar refractivity (Wildman–Crippen MR) is 128 cm³/mol. The van der Waals surface area contributed by atoms with Gasteiger partial charge in [-0.15, -0.1) is 0 Å². The molecule has 8 nitrogen and oxygen atoms in total. The molecule has 2 aromatic heterocycles. The van der Waals surface area contributed by atoms with Gasteiger partial charge in [-0.25, -0.2) is 0 Å².